The molecule has 20 heavy (non-hydrogen) atoms. The molecule has 2 N–H and O–H groups in total. The normalized spacial score (nSPS) is 12.7. The molecule has 2 aromatic rings. The molecule has 1 atom stereocenters. The standard InChI is InChI=1S/C13H14Br2FN3O/c1-20-3-2-19-13(11(15)7-18-19)12(17)8-4-9(14)6-10(16)5-8/h4-7,12H,2-3,17H2,1H3. The van der Waals surface area contributed by atoms with E-state index >= 15 is 0 Å². The molecule has 2 rings (SSSR count). The highest BCUT2D eigenvalue weighted by molar-refractivity contribution is 9.10. The molecule has 1 aromatic heterocycles. The average molecular weight is 407 g/mol. The molecule has 0 spiro atoms. The summed E-state index contributed by atoms with van der Waals surface area (Å²) in [5.74, 6) is -0.330. The number of rotatable bonds is 5. The number of nitrogens with zero attached hydrogens (tertiary/aromatic N) is 2. The van der Waals surface area contributed by atoms with E-state index in [1.54, 1.807) is 24.1 Å². The quantitative estimate of drug-likeness (QED) is 0.829. The Bertz CT molecular complexity index is 583. The van der Waals surface area contributed by atoms with Gasteiger partial charge in [0.05, 0.1) is 35.6 Å². The van der Waals surface area contributed by atoms with Crippen molar-refractivity contribution < 1.29 is 9.13 Å². The van der Waals surface area contributed by atoms with Crippen molar-refractivity contribution in [3.05, 3.63) is 50.4 Å². The van der Waals surface area contributed by atoms with E-state index in [2.05, 4.69) is 37.0 Å². The van der Waals surface area contributed by atoms with Crippen LogP contribution >= 0.6 is 31.9 Å². The second-order valence-electron chi connectivity index (χ2n) is 4.27. The molecule has 0 radical (unpaired) electrons. The molecule has 0 bridgehead atoms. The number of halogens is 3. The second kappa shape index (κ2) is 6.80. The van der Waals surface area contributed by atoms with Crippen LogP contribution in [0.5, 0.6) is 0 Å². The van der Waals surface area contributed by atoms with Crippen LogP contribution in [0.25, 0.3) is 0 Å². The zero-order valence-electron chi connectivity index (χ0n) is 10.8. The van der Waals surface area contributed by atoms with Gasteiger partial charge >= 0.3 is 0 Å². The molecule has 7 heteroatoms. The van der Waals surface area contributed by atoms with Crippen molar-refractivity contribution in [1.82, 2.24) is 9.78 Å². The number of nitrogens with two attached hydrogens (primary N) is 1. The van der Waals surface area contributed by atoms with Gasteiger partial charge in [-0.1, -0.05) is 15.9 Å². The fraction of sp³-hybridized carbons (Fsp3) is 0.308. The summed E-state index contributed by atoms with van der Waals surface area (Å²) in [7, 11) is 1.63. The summed E-state index contributed by atoms with van der Waals surface area (Å²) in [6.07, 6.45) is 1.68. The van der Waals surface area contributed by atoms with Gasteiger partial charge in [0.1, 0.15) is 5.82 Å². The predicted octanol–water partition coefficient (Wildman–Crippen LogP) is 3.24. The Kier molecular flexibility index (Phi) is 5.31. The van der Waals surface area contributed by atoms with Gasteiger partial charge in [-0.2, -0.15) is 5.10 Å². The minimum atomic E-state index is -0.476. The van der Waals surface area contributed by atoms with Crippen LogP contribution in [0.15, 0.2) is 33.3 Å². The number of hydrogen-bond acceptors (Lipinski definition) is 3. The van der Waals surface area contributed by atoms with Crippen molar-refractivity contribution in [2.24, 2.45) is 5.73 Å². The van der Waals surface area contributed by atoms with E-state index in [4.69, 9.17) is 10.5 Å². The van der Waals surface area contributed by atoms with Gasteiger partial charge in [-0.05, 0) is 39.7 Å². The van der Waals surface area contributed by atoms with Gasteiger partial charge < -0.3 is 10.5 Å². The van der Waals surface area contributed by atoms with E-state index in [1.165, 1.54) is 12.1 Å². The molecule has 0 fully saturated rings. The maximum Gasteiger partial charge on any atom is 0.124 e. The third-order valence-electron chi connectivity index (χ3n) is 2.88. The Morgan fingerprint density at radius 1 is 1.40 bits per heavy atom. The van der Waals surface area contributed by atoms with Gasteiger partial charge in [-0.3, -0.25) is 4.68 Å². The summed E-state index contributed by atoms with van der Waals surface area (Å²) < 4.78 is 21.8. The fourth-order valence-electron chi connectivity index (χ4n) is 1.95. The van der Waals surface area contributed by atoms with E-state index in [-0.39, 0.29) is 5.82 Å². The van der Waals surface area contributed by atoms with E-state index in [9.17, 15) is 4.39 Å². The Balaban J connectivity index is 2.36. The second-order valence-corrected chi connectivity index (χ2v) is 6.04. The van der Waals surface area contributed by atoms with E-state index in [1.807, 2.05) is 0 Å². The van der Waals surface area contributed by atoms with Gasteiger partial charge in [0.2, 0.25) is 0 Å². The summed E-state index contributed by atoms with van der Waals surface area (Å²) in [5.41, 5.74) is 7.72. The number of hydrogen-bond donors (Lipinski definition) is 1. The summed E-state index contributed by atoms with van der Waals surface area (Å²) in [6, 6.07) is 4.15. The molecular formula is C13H14Br2FN3O. The van der Waals surface area contributed by atoms with Crippen molar-refractivity contribution in [2.45, 2.75) is 12.6 Å². The van der Waals surface area contributed by atoms with Crippen molar-refractivity contribution in [3.8, 4) is 0 Å². The van der Waals surface area contributed by atoms with Crippen molar-refractivity contribution >= 4 is 31.9 Å². The molecule has 0 saturated carbocycles. The maximum atomic E-state index is 13.5. The first kappa shape index (κ1) is 15.6. The van der Waals surface area contributed by atoms with Crippen LogP contribution in [0.1, 0.15) is 17.3 Å². The lowest BCUT2D eigenvalue weighted by Crippen LogP contribution is -2.19. The molecular weight excluding hydrogens is 393 g/mol. The third-order valence-corrected chi connectivity index (χ3v) is 3.95. The van der Waals surface area contributed by atoms with Crippen LogP contribution in [0.2, 0.25) is 0 Å². The van der Waals surface area contributed by atoms with Crippen LogP contribution in [-0.4, -0.2) is 23.5 Å². The molecule has 108 valence electrons. The average Bonchev–Trinajstić information content (AvgIpc) is 2.75. The summed E-state index contributed by atoms with van der Waals surface area (Å²) in [5, 5.41) is 4.25. The SMILES string of the molecule is COCCn1ncc(Br)c1C(N)c1cc(F)cc(Br)c1. The highest BCUT2D eigenvalue weighted by Crippen LogP contribution is 2.28. The number of benzene rings is 1. The number of methoxy groups -OCH3 is 1. The lowest BCUT2D eigenvalue weighted by atomic mass is 10.0. The summed E-state index contributed by atoms with van der Waals surface area (Å²) in [4.78, 5) is 0. The van der Waals surface area contributed by atoms with Crippen molar-refractivity contribution in [1.29, 1.82) is 0 Å². The van der Waals surface area contributed by atoms with E-state index < -0.39 is 6.04 Å². The fourth-order valence-corrected chi connectivity index (χ4v) is 2.98. The van der Waals surface area contributed by atoms with E-state index in [0.29, 0.717) is 23.2 Å². The van der Waals surface area contributed by atoms with Gasteiger partial charge in [0.25, 0.3) is 0 Å². The highest BCUT2D eigenvalue weighted by atomic mass is 79.9. The summed E-state index contributed by atoms with van der Waals surface area (Å²) in [6.45, 7) is 1.11. The molecule has 0 aliphatic carbocycles. The topological polar surface area (TPSA) is 53.1 Å². The Morgan fingerprint density at radius 2 is 2.15 bits per heavy atom. The van der Waals surface area contributed by atoms with E-state index in [0.717, 1.165) is 10.2 Å². The van der Waals surface area contributed by atoms with Gasteiger partial charge in [0, 0.05) is 11.6 Å². The summed E-state index contributed by atoms with van der Waals surface area (Å²) >= 11 is 6.71. The lowest BCUT2D eigenvalue weighted by molar-refractivity contribution is 0.182. The lowest BCUT2D eigenvalue weighted by Gasteiger charge is -2.16. The number of ether oxygens (including phenoxy) is 1. The molecule has 1 unspecified atom stereocenters. The molecule has 0 aliphatic rings. The minimum Gasteiger partial charge on any atom is -0.383 e. The maximum absolute atomic E-state index is 13.5. The Morgan fingerprint density at radius 3 is 2.80 bits per heavy atom. The minimum absolute atomic E-state index is 0.330. The molecule has 1 heterocycles. The van der Waals surface area contributed by atoms with Crippen LogP contribution in [0, 0.1) is 5.82 Å². The molecule has 0 saturated heterocycles. The largest absolute Gasteiger partial charge is 0.383 e. The van der Waals surface area contributed by atoms with Crippen molar-refractivity contribution in [2.75, 3.05) is 13.7 Å². The van der Waals surface area contributed by atoms with Gasteiger partial charge in [0.15, 0.2) is 0 Å². The van der Waals surface area contributed by atoms with Crippen LogP contribution < -0.4 is 5.73 Å². The first-order chi connectivity index (χ1) is 9.52. The Labute approximate surface area is 133 Å². The smallest absolute Gasteiger partial charge is 0.124 e. The monoisotopic (exact) mass is 405 g/mol. The van der Waals surface area contributed by atoms with Crippen LogP contribution in [0.4, 0.5) is 4.39 Å². The first-order valence-corrected chi connectivity index (χ1v) is 7.53. The Hall–Kier alpha value is -0.760. The number of aromatic nitrogens is 2. The zero-order chi connectivity index (χ0) is 14.7. The first-order valence-electron chi connectivity index (χ1n) is 5.94. The molecule has 4 nitrogen and oxygen atoms in total. The van der Waals surface area contributed by atoms with Crippen LogP contribution in [-0.2, 0) is 11.3 Å². The molecule has 0 amide bonds. The van der Waals surface area contributed by atoms with Crippen LogP contribution in [0.3, 0.4) is 0 Å². The third kappa shape index (κ3) is 3.46. The zero-order valence-corrected chi connectivity index (χ0v) is 14.0. The predicted molar refractivity (Wildman–Crippen MR) is 81.9 cm³/mol. The van der Waals surface area contributed by atoms with Gasteiger partial charge in [-0.25, -0.2) is 4.39 Å². The highest BCUT2D eigenvalue weighted by Gasteiger charge is 2.19. The van der Waals surface area contributed by atoms with Crippen molar-refractivity contribution in [3.63, 3.8) is 0 Å². The van der Waals surface area contributed by atoms with Gasteiger partial charge in [-0.15, -0.1) is 0 Å². The molecule has 0 aliphatic heterocycles. The molecule has 1 aromatic carbocycles.